The van der Waals surface area contributed by atoms with Crippen LogP contribution in [0.5, 0.6) is 0 Å². The highest BCUT2D eigenvalue weighted by Gasteiger charge is 2.22. The van der Waals surface area contributed by atoms with Gasteiger partial charge in [0.2, 0.25) is 0 Å². The summed E-state index contributed by atoms with van der Waals surface area (Å²) in [5.41, 5.74) is 0. The predicted molar refractivity (Wildman–Crippen MR) is 110 cm³/mol. The molecule has 0 fully saturated rings. The summed E-state index contributed by atoms with van der Waals surface area (Å²) in [6.45, 7) is 3.32. The number of hydrogen-bond donors (Lipinski definition) is 2. The van der Waals surface area contributed by atoms with Gasteiger partial charge in [0, 0.05) is 12.8 Å². The van der Waals surface area contributed by atoms with Crippen LogP contribution in [0.2, 0.25) is 0 Å². The second kappa shape index (κ2) is 17.9. The molecule has 0 aliphatic rings. The first-order valence-electron chi connectivity index (χ1n) is 10.8. The average molecular weight is 438 g/mol. The fraction of sp³-hybridized carbons (Fsp3) is 0.900. The Morgan fingerprint density at radius 1 is 0.759 bits per heavy atom. The Labute approximate surface area is 174 Å². The van der Waals surface area contributed by atoms with Gasteiger partial charge in [0.05, 0.1) is 6.61 Å². The van der Waals surface area contributed by atoms with Crippen molar-refractivity contribution in [3.63, 3.8) is 0 Å². The zero-order chi connectivity index (χ0) is 22.0. The maximum atomic E-state index is 12.0. The molecule has 1 unspecified atom stereocenters. The van der Waals surface area contributed by atoms with Gasteiger partial charge in [-0.05, 0) is 12.8 Å². The molecule has 0 saturated heterocycles. The Balaban J connectivity index is 4.11. The number of carbonyl (C=O) groups is 2. The molecule has 0 aromatic heterocycles. The maximum Gasteiger partial charge on any atom is 0.469 e. The first-order valence-corrected chi connectivity index (χ1v) is 12.4. The lowest BCUT2D eigenvalue weighted by molar-refractivity contribution is -0.161. The third-order valence-electron chi connectivity index (χ3n) is 4.38. The molecule has 0 amide bonds. The van der Waals surface area contributed by atoms with Crippen LogP contribution < -0.4 is 0 Å². The van der Waals surface area contributed by atoms with Gasteiger partial charge in [0.1, 0.15) is 6.61 Å². The molecular weight excluding hydrogens is 399 g/mol. The number of unbranched alkanes of at least 4 members (excludes halogenated alkanes) is 9. The van der Waals surface area contributed by atoms with Gasteiger partial charge >= 0.3 is 19.8 Å². The van der Waals surface area contributed by atoms with Gasteiger partial charge in [0.25, 0.3) is 0 Å². The van der Waals surface area contributed by atoms with Gasteiger partial charge in [-0.3, -0.25) is 14.1 Å². The molecule has 0 saturated carbocycles. The van der Waals surface area contributed by atoms with E-state index in [1.165, 1.54) is 32.1 Å². The molecule has 172 valence electrons. The summed E-state index contributed by atoms with van der Waals surface area (Å²) in [5, 5.41) is 0. The first kappa shape index (κ1) is 28.1. The summed E-state index contributed by atoms with van der Waals surface area (Å²) < 4.78 is 25.5. The van der Waals surface area contributed by atoms with Crippen LogP contribution >= 0.6 is 7.82 Å². The fourth-order valence-corrected chi connectivity index (χ4v) is 3.06. The molecule has 0 rings (SSSR count). The molecule has 0 bridgehead atoms. The average Bonchev–Trinajstić information content (AvgIpc) is 2.66. The summed E-state index contributed by atoms with van der Waals surface area (Å²) in [4.78, 5) is 41.2. The second-order valence-electron chi connectivity index (χ2n) is 7.26. The monoisotopic (exact) mass is 438 g/mol. The number of phosphoric ester groups is 1. The Bertz CT molecular complexity index is 477. The van der Waals surface area contributed by atoms with Crippen LogP contribution in [-0.2, 0) is 28.2 Å². The molecule has 2 N–H and O–H groups in total. The largest absolute Gasteiger partial charge is 0.469 e. The number of hydrogen-bond acceptors (Lipinski definition) is 6. The van der Waals surface area contributed by atoms with Crippen LogP contribution in [0.1, 0.15) is 97.3 Å². The molecular formula is C20H39O8P. The molecule has 0 aliphatic heterocycles. The van der Waals surface area contributed by atoms with Gasteiger partial charge in [-0.15, -0.1) is 0 Å². The van der Waals surface area contributed by atoms with Gasteiger partial charge in [-0.1, -0.05) is 71.6 Å². The molecule has 0 heterocycles. The lowest BCUT2D eigenvalue weighted by atomic mass is 10.1. The van der Waals surface area contributed by atoms with Crippen LogP contribution in [0.15, 0.2) is 0 Å². The minimum atomic E-state index is -4.70. The van der Waals surface area contributed by atoms with Crippen LogP contribution in [0.3, 0.4) is 0 Å². The van der Waals surface area contributed by atoms with E-state index in [0.29, 0.717) is 12.8 Å². The summed E-state index contributed by atoms with van der Waals surface area (Å²) in [5.74, 6) is -0.931. The highest BCUT2D eigenvalue weighted by atomic mass is 31.2. The zero-order valence-electron chi connectivity index (χ0n) is 18.0. The van der Waals surface area contributed by atoms with E-state index in [2.05, 4.69) is 11.4 Å². The third kappa shape index (κ3) is 20.1. The number of esters is 2. The third-order valence-corrected chi connectivity index (χ3v) is 4.86. The SMILES string of the molecule is CCCCCCCCCCCC(=O)OC(COC(=O)CCCC)COP(=O)(O)O. The Morgan fingerprint density at radius 3 is 1.83 bits per heavy atom. The van der Waals surface area contributed by atoms with Crippen molar-refractivity contribution in [2.75, 3.05) is 13.2 Å². The molecule has 29 heavy (non-hydrogen) atoms. The fourth-order valence-electron chi connectivity index (χ4n) is 2.70. The maximum absolute atomic E-state index is 12.0. The Kier molecular flexibility index (Phi) is 17.3. The van der Waals surface area contributed by atoms with Crippen molar-refractivity contribution in [1.82, 2.24) is 0 Å². The molecule has 1 atom stereocenters. The molecule has 9 heteroatoms. The summed E-state index contributed by atoms with van der Waals surface area (Å²) in [7, 11) is -4.70. The topological polar surface area (TPSA) is 119 Å². The molecule has 0 aliphatic carbocycles. The van der Waals surface area contributed by atoms with Crippen LogP contribution in [0.4, 0.5) is 0 Å². The highest BCUT2D eigenvalue weighted by Crippen LogP contribution is 2.35. The van der Waals surface area contributed by atoms with E-state index in [-0.39, 0.29) is 19.4 Å². The van der Waals surface area contributed by atoms with Gasteiger partial charge in [-0.2, -0.15) is 0 Å². The van der Waals surface area contributed by atoms with E-state index in [0.717, 1.165) is 25.7 Å². The van der Waals surface area contributed by atoms with Gasteiger partial charge < -0.3 is 19.3 Å². The predicted octanol–water partition coefficient (Wildman–Crippen LogP) is 4.66. The van der Waals surface area contributed by atoms with E-state index in [9.17, 15) is 14.2 Å². The van der Waals surface area contributed by atoms with E-state index in [1.54, 1.807) is 0 Å². The van der Waals surface area contributed by atoms with Gasteiger partial charge in [0.15, 0.2) is 6.10 Å². The minimum Gasteiger partial charge on any atom is -0.462 e. The smallest absolute Gasteiger partial charge is 0.462 e. The van der Waals surface area contributed by atoms with Crippen LogP contribution in [-0.4, -0.2) is 41.0 Å². The Morgan fingerprint density at radius 2 is 1.28 bits per heavy atom. The number of rotatable bonds is 19. The zero-order valence-corrected chi connectivity index (χ0v) is 18.9. The quantitative estimate of drug-likeness (QED) is 0.170. The van der Waals surface area contributed by atoms with Crippen LogP contribution in [0.25, 0.3) is 0 Å². The molecule has 0 spiro atoms. The number of carbonyl (C=O) groups excluding carboxylic acids is 2. The molecule has 0 radical (unpaired) electrons. The highest BCUT2D eigenvalue weighted by molar-refractivity contribution is 7.46. The van der Waals surface area contributed by atoms with Crippen molar-refractivity contribution in [3.8, 4) is 0 Å². The van der Waals surface area contributed by atoms with E-state index >= 15 is 0 Å². The minimum absolute atomic E-state index is 0.214. The standard InChI is InChI=1S/C20H39O8P/c1-3-5-7-8-9-10-11-12-13-15-20(22)28-18(17-27-29(23,24)25)16-26-19(21)14-6-4-2/h18H,3-17H2,1-2H3,(H2,23,24,25). The lowest BCUT2D eigenvalue weighted by Crippen LogP contribution is -2.29. The second-order valence-corrected chi connectivity index (χ2v) is 8.50. The van der Waals surface area contributed by atoms with Crippen molar-refractivity contribution >= 4 is 19.8 Å². The van der Waals surface area contributed by atoms with Crippen molar-refractivity contribution < 1.29 is 37.9 Å². The van der Waals surface area contributed by atoms with Crippen LogP contribution in [0, 0.1) is 0 Å². The van der Waals surface area contributed by atoms with E-state index in [4.69, 9.17) is 19.3 Å². The summed E-state index contributed by atoms with van der Waals surface area (Å²) in [6, 6.07) is 0. The van der Waals surface area contributed by atoms with Crippen molar-refractivity contribution in [1.29, 1.82) is 0 Å². The van der Waals surface area contributed by atoms with Crippen molar-refractivity contribution in [2.45, 2.75) is 103 Å². The summed E-state index contributed by atoms with van der Waals surface area (Å²) >= 11 is 0. The number of phosphoric acid groups is 1. The van der Waals surface area contributed by atoms with E-state index < -0.39 is 32.5 Å². The van der Waals surface area contributed by atoms with Gasteiger partial charge in [-0.25, -0.2) is 4.57 Å². The first-order chi connectivity index (χ1) is 13.8. The summed E-state index contributed by atoms with van der Waals surface area (Å²) in [6.07, 6.45) is 11.1. The van der Waals surface area contributed by atoms with Crippen molar-refractivity contribution in [2.24, 2.45) is 0 Å². The van der Waals surface area contributed by atoms with Crippen molar-refractivity contribution in [3.05, 3.63) is 0 Å². The molecule has 8 nitrogen and oxygen atoms in total. The number of ether oxygens (including phenoxy) is 2. The molecule has 0 aromatic carbocycles. The normalized spacial score (nSPS) is 12.6. The lowest BCUT2D eigenvalue weighted by Gasteiger charge is -2.18. The molecule has 0 aromatic rings. The Hall–Kier alpha value is -0.950. The van der Waals surface area contributed by atoms with E-state index in [1.807, 2.05) is 6.92 Å².